The predicted octanol–water partition coefficient (Wildman–Crippen LogP) is 2.76. The largest absolute Gasteiger partial charge is 0.457 e. The molecule has 0 unspecified atom stereocenters. The van der Waals surface area contributed by atoms with Crippen molar-refractivity contribution in [2.24, 2.45) is 5.14 Å². The first-order chi connectivity index (χ1) is 12.6. The maximum Gasteiger partial charge on any atom is 0.340 e. The van der Waals surface area contributed by atoms with Gasteiger partial charge in [-0.25, -0.2) is 23.1 Å². The zero-order valence-electron chi connectivity index (χ0n) is 14.1. The summed E-state index contributed by atoms with van der Waals surface area (Å²) in [5, 5.41) is 5.70. The third kappa shape index (κ3) is 4.19. The highest BCUT2D eigenvalue weighted by atomic mass is 35.5. The van der Waals surface area contributed by atoms with Gasteiger partial charge in [-0.3, -0.25) is 0 Å². The molecule has 0 atom stereocenters. The van der Waals surface area contributed by atoms with Crippen LogP contribution in [0.4, 0.5) is 0 Å². The fourth-order valence-corrected chi connectivity index (χ4v) is 3.25. The van der Waals surface area contributed by atoms with Crippen LogP contribution in [0, 0.1) is 6.92 Å². The summed E-state index contributed by atoms with van der Waals surface area (Å²) < 4.78 is 33.3. The van der Waals surface area contributed by atoms with Crippen molar-refractivity contribution in [1.82, 2.24) is 0 Å². The molecule has 140 valence electrons. The van der Waals surface area contributed by atoms with Crippen LogP contribution in [0.15, 0.2) is 56.6 Å². The zero-order chi connectivity index (χ0) is 19.8. The number of hydrogen-bond donors (Lipinski definition) is 1. The zero-order valence-corrected chi connectivity index (χ0v) is 15.6. The average Bonchev–Trinajstić information content (AvgIpc) is 2.58. The number of sulfonamides is 1. The van der Waals surface area contributed by atoms with Crippen LogP contribution < -0.4 is 10.8 Å². The number of nitrogens with two attached hydrogens (primary N) is 1. The molecule has 27 heavy (non-hydrogen) atoms. The number of aryl methyl sites for hydroxylation is 1. The quantitative estimate of drug-likeness (QED) is 0.525. The molecular formula is C18H14ClNO6S. The first kappa shape index (κ1) is 19.1. The molecule has 2 N–H and O–H groups in total. The van der Waals surface area contributed by atoms with Gasteiger partial charge in [0.1, 0.15) is 12.2 Å². The summed E-state index contributed by atoms with van der Waals surface area (Å²) in [5.74, 6) is -0.848. The number of halogens is 1. The van der Waals surface area contributed by atoms with Gasteiger partial charge < -0.3 is 9.15 Å². The van der Waals surface area contributed by atoms with Crippen LogP contribution in [-0.2, 0) is 21.4 Å². The van der Waals surface area contributed by atoms with Gasteiger partial charge in [0, 0.05) is 17.0 Å². The first-order valence-corrected chi connectivity index (χ1v) is 9.60. The number of fused-ring (bicyclic) bond motifs is 1. The lowest BCUT2D eigenvalue weighted by Crippen LogP contribution is -2.14. The second-order valence-electron chi connectivity index (χ2n) is 5.85. The molecule has 0 aliphatic carbocycles. The van der Waals surface area contributed by atoms with E-state index in [0.717, 1.165) is 11.6 Å². The smallest absolute Gasteiger partial charge is 0.340 e. The topological polar surface area (TPSA) is 117 Å². The van der Waals surface area contributed by atoms with E-state index < -0.39 is 21.6 Å². The Morgan fingerprint density at radius 2 is 1.93 bits per heavy atom. The Labute approximate surface area is 159 Å². The van der Waals surface area contributed by atoms with Gasteiger partial charge in [-0.2, -0.15) is 0 Å². The molecule has 0 spiro atoms. The molecule has 0 aliphatic heterocycles. The van der Waals surface area contributed by atoms with Crippen molar-refractivity contribution in [2.45, 2.75) is 18.4 Å². The Morgan fingerprint density at radius 3 is 2.63 bits per heavy atom. The molecular weight excluding hydrogens is 394 g/mol. The number of ether oxygens (including phenoxy) is 1. The van der Waals surface area contributed by atoms with Gasteiger partial charge in [0.25, 0.3) is 0 Å². The maximum absolute atomic E-state index is 12.3. The van der Waals surface area contributed by atoms with Gasteiger partial charge >= 0.3 is 11.6 Å². The molecule has 1 heterocycles. The van der Waals surface area contributed by atoms with Crippen LogP contribution in [0.2, 0.25) is 5.02 Å². The summed E-state index contributed by atoms with van der Waals surface area (Å²) >= 11 is 5.96. The third-order valence-corrected chi connectivity index (χ3v) is 5.07. The minimum absolute atomic E-state index is 0.0143. The highest BCUT2D eigenvalue weighted by Gasteiger charge is 2.18. The predicted molar refractivity (Wildman–Crippen MR) is 99.2 cm³/mol. The second kappa shape index (κ2) is 7.15. The molecule has 0 saturated carbocycles. The molecule has 1 aromatic heterocycles. The highest BCUT2D eigenvalue weighted by molar-refractivity contribution is 7.89. The SMILES string of the molecule is Cc1ccc2c(COC(=O)c3cc(S(N)(=O)=O)ccc3Cl)cc(=O)oc2c1. The van der Waals surface area contributed by atoms with Gasteiger partial charge in [0.05, 0.1) is 15.5 Å². The number of hydrogen-bond acceptors (Lipinski definition) is 6. The third-order valence-electron chi connectivity index (χ3n) is 3.83. The van der Waals surface area contributed by atoms with Gasteiger partial charge in [-0.1, -0.05) is 23.7 Å². The van der Waals surface area contributed by atoms with Gasteiger partial charge in [-0.05, 0) is 36.8 Å². The van der Waals surface area contributed by atoms with Crippen molar-refractivity contribution in [3.8, 4) is 0 Å². The van der Waals surface area contributed by atoms with Gasteiger partial charge in [0.15, 0.2) is 0 Å². The lowest BCUT2D eigenvalue weighted by Gasteiger charge is -2.09. The van der Waals surface area contributed by atoms with E-state index in [1.807, 2.05) is 13.0 Å². The van der Waals surface area contributed by atoms with Crippen LogP contribution in [0.3, 0.4) is 0 Å². The Balaban J connectivity index is 1.91. The minimum atomic E-state index is -4.00. The monoisotopic (exact) mass is 407 g/mol. The average molecular weight is 408 g/mol. The van der Waals surface area contributed by atoms with Crippen LogP contribution in [0.25, 0.3) is 11.0 Å². The van der Waals surface area contributed by atoms with E-state index in [1.54, 1.807) is 12.1 Å². The van der Waals surface area contributed by atoms with E-state index >= 15 is 0 Å². The van der Waals surface area contributed by atoms with Crippen molar-refractivity contribution in [3.05, 3.63) is 74.6 Å². The Bertz CT molecular complexity index is 1220. The van der Waals surface area contributed by atoms with E-state index in [-0.39, 0.29) is 22.1 Å². The van der Waals surface area contributed by atoms with Gasteiger partial charge in [0.2, 0.25) is 10.0 Å². The molecule has 0 aliphatic rings. The molecule has 7 nitrogen and oxygen atoms in total. The molecule has 0 fully saturated rings. The molecule has 3 aromatic rings. The van der Waals surface area contributed by atoms with Crippen LogP contribution in [-0.4, -0.2) is 14.4 Å². The number of rotatable bonds is 4. The van der Waals surface area contributed by atoms with Crippen LogP contribution in [0.5, 0.6) is 0 Å². The van der Waals surface area contributed by atoms with E-state index in [2.05, 4.69) is 0 Å². The molecule has 0 bridgehead atoms. The summed E-state index contributed by atoms with van der Waals surface area (Å²) in [6.45, 7) is 1.63. The molecule has 3 rings (SSSR count). The maximum atomic E-state index is 12.3. The van der Waals surface area contributed by atoms with Crippen molar-refractivity contribution >= 4 is 38.6 Å². The lowest BCUT2D eigenvalue weighted by atomic mass is 10.1. The minimum Gasteiger partial charge on any atom is -0.457 e. The molecule has 0 amide bonds. The summed E-state index contributed by atoms with van der Waals surface area (Å²) in [4.78, 5) is 23.8. The van der Waals surface area contributed by atoms with Gasteiger partial charge in [-0.15, -0.1) is 0 Å². The fourth-order valence-electron chi connectivity index (χ4n) is 2.52. The summed E-state index contributed by atoms with van der Waals surface area (Å²) in [6, 6.07) is 9.99. The van der Waals surface area contributed by atoms with Crippen LogP contribution in [0.1, 0.15) is 21.5 Å². The number of esters is 1. The number of benzene rings is 2. The van der Waals surface area contributed by atoms with E-state index in [0.29, 0.717) is 16.5 Å². The second-order valence-corrected chi connectivity index (χ2v) is 7.82. The van der Waals surface area contributed by atoms with Crippen molar-refractivity contribution < 1.29 is 22.4 Å². The first-order valence-electron chi connectivity index (χ1n) is 7.68. The molecule has 2 aromatic carbocycles. The summed E-state index contributed by atoms with van der Waals surface area (Å²) in [6.07, 6.45) is 0. The summed E-state index contributed by atoms with van der Waals surface area (Å²) in [7, 11) is -4.00. The standard InChI is InChI=1S/C18H14ClNO6S/c1-10-2-4-13-11(7-17(21)26-16(13)6-10)9-25-18(22)14-8-12(27(20,23)24)3-5-15(14)19/h2-8H,9H2,1H3,(H2,20,23,24). The van der Waals surface area contributed by atoms with E-state index in [4.69, 9.17) is 25.9 Å². The van der Waals surface area contributed by atoms with E-state index in [1.165, 1.54) is 18.2 Å². The van der Waals surface area contributed by atoms with Crippen LogP contribution >= 0.6 is 11.6 Å². The van der Waals surface area contributed by atoms with E-state index in [9.17, 15) is 18.0 Å². The molecule has 0 radical (unpaired) electrons. The van der Waals surface area contributed by atoms with Crippen molar-refractivity contribution in [1.29, 1.82) is 0 Å². The number of carbonyl (C=O) groups excluding carboxylic acids is 1. The molecule has 0 saturated heterocycles. The highest BCUT2D eigenvalue weighted by Crippen LogP contribution is 2.23. The van der Waals surface area contributed by atoms with Crippen molar-refractivity contribution in [2.75, 3.05) is 0 Å². The number of carbonyl (C=O) groups is 1. The fraction of sp³-hybridized carbons (Fsp3) is 0.111. The van der Waals surface area contributed by atoms with Crippen molar-refractivity contribution in [3.63, 3.8) is 0 Å². The summed E-state index contributed by atoms with van der Waals surface area (Å²) in [5.41, 5.74) is 1.02. The Hall–Kier alpha value is -2.68. The Morgan fingerprint density at radius 1 is 1.19 bits per heavy atom. The normalized spacial score (nSPS) is 11.5. The molecule has 9 heteroatoms. The lowest BCUT2D eigenvalue weighted by molar-refractivity contribution is 0.0473. The number of primary sulfonamides is 1. The Kier molecular flexibility index (Phi) is 5.05.